The molecule has 2 aromatic rings. The van der Waals surface area contributed by atoms with Crippen molar-refractivity contribution < 1.29 is 4.74 Å². The number of aryl methyl sites for hydroxylation is 1. The highest BCUT2D eigenvalue weighted by Crippen LogP contribution is 2.30. The summed E-state index contributed by atoms with van der Waals surface area (Å²) in [6.45, 7) is 6.00. The van der Waals surface area contributed by atoms with Crippen LogP contribution in [-0.2, 0) is 6.42 Å². The third-order valence-corrected chi connectivity index (χ3v) is 3.85. The molecule has 1 aromatic heterocycles. The smallest absolute Gasteiger partial charge is 0.122 e. The molecule has 1 aliphatic heterocycles. The van der Waals surface area contributed by atoms with E-state index in [0.29, 0.717) is 0 Å². The number of rotatable bonds is 5. The number of pyridine rings is 1. The number of hydrogen-bond acceptors (Lipinski definition) is 3. The Labute approximate surface area is 126 Å². The number of benzene rings is 1. The van der Waals surface area contributed by atoms with E-state index in [-0.39, 0.29) is 6.04 Å². The molecule has 2 heterocycles. The molecule has 21 heavy (non-hydrogen) atoms. The minimum absolute atomic E-state index is 0.149. The molecular weight excluding hydrogens is 260 g/mol. The van der Waals surface area contributed by atoms with Gasteiger partial charge in [0.25, 0.3) is 0 Å². The summed E-state index contributed by atoms with van der Waals surface area (Å²) < 4.78 is 5.60. The van der Waals surface area contributed by atoms with Crippen molar-refractivity contribution in [3.8, 4) is 5.75 Å². The molecule has 3 heteroatoms. The number of nitrogens with zero attached hydrogens (tertiary/aromatic N) is 1. The predicted octanol–water partition coefficient (Wildman–Crippen LogP) is 3.41. The van der Waals surface area contributed by atoms with Crippen LogP contribution in [0.1, 0.15) is 41.9 Å². The van der Waals surface area contributed by atoms with Crippen molar-refractivity contribution in [2.75, 3.05) is 13.2 Å². The Morgan fingerprint density at radius 1 is 1.29 bits per heavy atom. The minimum Gasteiger partial charge on any atom is -0.493 e. The van der Waals surface area contributed by atoms with Crippen molar-refractivity contribution in [2.45, 2.75) is 32.7 Å². The zero-order valence-electron chi connectivity index (χ0n) is 12.7. The lowest BCUT2D eigenvalue weighted by Crippen LogP contribution is -2.24. The van der Waals surface area contributed by atoms with Crippen molar-refractivity contribution in [3.05, 3.63) is 58.9 Å². The van der Waals surface area contributed by atoms with Crippen molar-refractivity contribution in [3.63, 3.8) is 0 Å². The standard InChI is InChI=1S/C18H22N2O/c1-3-10-19-18(16-6-4-5-13(2)20-16)15-7-8-17-14(12-15)9-11-21-17/h4-8,12,18-19H,3,9-11H2,1-2H3. The minimum atomic E-state index is 0.149. The molecule has 0 saturated carbocycles. The van der Waals surface area contributed by atoms with Gasteiger partial charge in [0.2, 0.25) is 0 Å². The molecule has 1 N–H and O–H groups in total. The van der Waals surface area contributed by atoms with Crippen LogP contribution in [-0.4, -0.2) is 18.1 Å². The maximum Gasteiger partial charge on any atom is 0.122 e. The van der Waals surface area contributed by atoms with Crippen LogP contribution in [0.15, 0.2) is 36.4 Å². The molecule has 1 aromatic carbocycles. The third kappa shape index (κ3) is 3.08. The first-order chi connectivity index (χ1) is 10.3. The van der Waals surface area contributed by atoms with Gasteiger partial charge in [0.15, 0.2) is 0 Å². The van der Waals surface area contributed by atoms with Gasteiger partial charge in [0, 0.05) is 12.1 Å². The van der Waals surface area contributed by atoms with Gasteiger partial charge in [-0.3, -0.25) is 4.98 Å². The van der Waals surface area contributed by atoms with E-state index in [4.69, 9.17) is 9.72 Å². The molecule has 0 fully saturated rings. The summed E-state index contributed by atoms with van der Waals surface area (Å²) in [4.78, 5) is 4.70. The van der Waals surface area contributed by atoms with Crippen LogP contribution in [0.2, 0.25) is 0 Å². The second-order valence-electron chi connectivity index (χ2n) is 5.56. The van der Waals surface area contributed by atoms with E-state index < -0.39 is 0 Å². The van der Waals surface area contributed by atoms with Crippen LogP contribution >= 0.6 is 0 Å². The Kier molecular flexibility index (Phi) is 4.20. The average molecular weight is 282 g/mol. The summed E-state index contributed by atoms with van der Waals surface area (Å²) in [6, 6.07) is 12.9. The Bertz CT molecular complexity index is 624. The van der Waals surface area contributed by atoms with E-state index in [9.17, 15) is 0 Å². The molecule has 110 valence electrons. The third-order valence-electron chi connectivity index (χ3n) is 3.85. The summed E-state index contributed by atoms with van der Waals surface area (Å²) in [6.07, 6.45) is 2.11. The van der Waals surface area contributed by atoms with E-state index in [1.807, 2.05) is 13.0 Å². The quantitative estimate of drug-likeness (QED) is 0.912. The molecule has 1 aliphatic rings. The summed E-state index contributed by atoms with van der Waals surface area (Å²) in [7, 11) is 0. The Morgan fingerprint density at radius 3 is 3.00 bits per heavy atom. The van der Waals surface area contributed by atoms with E-state index in [1.165, 1.54) is 11.1 Å². The fourth-order valence-corrected chi connectivity index (χ4v) is 2.79. The van der Waals surface area contributed by atoms with Gasteiger partial charge in [-0.1, -0.05) is 25.1 Å². The largest absolute Gasteiger partial charge is 0.493 e. The van der Waals surface area contributed by atoms with Crippen LogP contribution < -0.4 is 10.1 Å². The van der Waals surface area contributed by atoms with Crippen molar-refractivity contribution in [1.29, 1.82) is 0 Å². The average Bonchev–Trinajstić information content (AvgIpc) is 2.95. The topological polar surface area (TPSA) is 34.1 Å². The van der Waals surface area contributed by atoms with Crippen LogP contribution in [0, 0.1) is 6.92 Å². The van der Waals surface area contributed by atoms with E-state index in [2.05, 4.69) is 42.6 Å². The number of nitrogens with one attached hydrogen (secondary N) is 1. The Balaban J connectivity index is 1.95. The van der Waals surface area contributed by atoms with E-state index >= 15 is 0 Å². The van der Waals surface area contributed by atoms with Gasteiger partial charge in [-0.05, 0) is 49.2 Å². The first-order valence-electron chi connectivity index (χ1n) is 7.70. The van der Waals surface area contributed by atoms with E-state index in [1.54, 1.807) is 0 Å². The van der Waals surface area contributed by atoms with Gasteiger partial charge >= 0.3 is 0 Å². The first-order valence-corrected chi connectivity index (χ1v) is 7.70. The lowest BCUT2D eigenvalue weighted by atomic mass is 9.99. The van der Waals surface area contributed by atoms with Crippen molar-refractivity contribution in [2.24, 2.45) is 0 Å². The van der Waals surface area contributed by atoms with Gasteiger partial charge in [0.1, 0.15) is 5.75 Å². The maximum atomic E-state index is 5.60. The highest BCUT2D eigenvalue weighted by molar-refractivity contribution is 5.42. The molecule has 1 unspecified atom stereocenters. The molecule has 3 rings (SSSR count). The molecule has 0 amide bonds. The zero-order chi connectivity index (χ0) is 14.7. The summed E-state index contributed by atoms with van der Waals surface area (Å²) in [5.74, 6) is 1.03. The molecule has 0 spiro atoms. The van der Waals surface area contributed by atoms with Gasteiger partial charge in [-0.25, -0.2) is 0 Å². The van der Waals surface area contributed by atoms with E-state index in [0.717, 1.165) is 43.1 Å². The number of ether oxygens (including phenoxy) is 1. The van der Waals surface area contributed by atoms with Crippen LogP contribution in [0.4, 0.5) is 0 Å². The Morgan fingerprint density at radius 2 is 2.19 bits per heavy atom. The predicted molar refractivity (Wildman–Crippen MR) is 84.8 cm³/mol. The molecule has 0 bridgehead atoms. The molecule has 0 saturated heterocycles. The van der Waals surface area contributed by atoms with Gasteiger partial charge in [0.05, 0.1) is 18.3 Å². The molecule has 0 radical (unpaired) electrons. The van der Waals surface area contributed by atoms with Crippen molar-refractivity contribution in [1.82, 2.24) is 10.3 Å². The Hall–Kier alpha value is -1.87. The summed E-state index contributed by atoms with van der Waals surface area (Å²) in [5.41, 5.74) is 4.72. The zero-order valence-corrected chi connectivity index (χ0v) is 12.7. The van der Waals surface area contributed by atoms with Crippen LogP contribution in [0.25, 0.3) is 0 Å². The van der Waals surface area contributed by atoms with Gasteiger partial charge in [-0.2, -0.15) is 0 Å². The fraction of sp³-hybridized carbons (Fsp3) is 0.389. The number of hydrogen-bond donors (Lipinski definition) is 1. The highest BCUT2D eigenvalue weighted by atomic mass is 16.5. The molecule has 0 aliphatic carbocycles. The number of fused-ring (bicyclic) bond motifs is 1. The van der Waals surface area contributed by atoms with Crippen molar-refractivity contribution >= 4 is 0 Å². The highest BCUT2D eigenvalue weighted by Gasteiger charge is 2.19. The summed E-state index contributed by atoms with van der Waals surface area (Å²) >= 11 is 0. The second-order valence-corrected chi connectivity index (χ2v) is 5.56. The molecular formula is C18H22N2O. The van der Waals surface area contributed by atoms with Crippen LogP contribution in [0.5, 0.6) is 5.75 Å². The summed E-state index contributed by atoms with van der Waals surface area (Å²) in [5, 5.41) is 3.62. The monoisotopic (exact) mass is 282 g/mol. The number of aromatic nitrogens is 1. The maximum absolute atomic E-state index is 5.60. The normalized spacial score (nSPS) is 14.6. The van der Waals surface area contributed by atoms with Gasteiger partial charge in [-0.15, -0.1) is 0 Å². The second kappa shape index (κ2) is 6.27. The lowest BCUT2D eigenvalue weighted by molar-refractivity contribution is 0.357. The first kappa shape index (κ1) is 14.1. The molecule has 1 atom stereocenters. The van der Waals surface area contributed by atoms with Gasteiger partial charge < -0.3 is 10.1 Å². The fourth-order valence-electron chi connectivity index (χ4n) is 2.79. The molecule has 3 nitrogen and oxygen atoms in total. The van der Waals surface area contributed by atoms with Crippen LogP contribution in [0.3, 0.4) is 0 Å². The SMILES string of the molecule is CCCNC(c1ccc2c(c1)CCO2)c1cccc(C)n1. The lowest BCUT2D eigenvalue weighted by Gasteiger charge is -2.19.